The van der Waals surface area contributed by atoms with Crippen molar-refractivity contribution in [2.45, 2.75) is 30.4 Å². The number of carbonyl (C=O) groups excluding carboxylic acids is 2. The predicted molar refractivity (Wildman–Crippen MR) is 69.8 cm³/mol. The first kappa shape index (κ1) is 21.3. The number of rotatable bonds is 5. The normalized spacial score (nSPS) is 23.0. The summed E-state index contributed by atoms with van der Waals surface area (Å²) in [5.74, 6) is -5.71. The molecule has 1 N–H and O–H groups in total. The Balaban J connectivity index is 3.15. The molecule has 0 bridgehead atoms. The van der Waals surface area contributed by atoms with Crippen molar-refractivity contribution >= 4 is 22.1 Å². The number of ether oxygens (including phenoxy) is 2. The molecule has 0 fully saturated rings. The van der Waals surface area contributed by atoms with Gasteiger partial charge >= 0.3 is 33.5 Å². The van der Waals surface area contributed by atoms with E-state index in [0.717, 1.165) is 7.11 Å². The number of carbonyl (C=O) groups is 2. The number of hydrogen-bond acceptors (Lipinski definition) is 6. The smallest absolute Gasteiger partial charge is 0.432 e. The van der Waals surface area contributed by atoms with E-state index in [1.165, 1.54) is 12.2 Å². The highest BCUT2D eigenvalue weighted by atomic mass is 32.2. The van der Waals surface area contributed by atoms with Gasteiger partial charge in [0.05, 0.1) is 18.9 Å². The van der Waals surface area contributed by atoms with Crippen LogP contribution in [0.1, 0.15) is 12.8 Å². The van der Waals surface area contributed by atoms with E-state index < -0.39 is 51.4 Å². The molecule has 3 atom stereocenters. The Bertz CT molecular complexity index is 655. The standard InChI is InChI=1S/C12H13F5O7S/c1-23-8(18)6-4-2-3-5-7(6)9(19)24-10(11(13,14)15)12(16,17)25(20,21)22/h2-3,6-7,10H,4-5H2,1H3,(H,20,21,22). The Kier molecular flexibility index (Phi) is 6.16. The second kappa shape index (κ2) is 7.23. The van der Waals surface area contributed by atoms with E-state index in [0.29, 0.717) is 0 Å². The summed E-state index contributed by atoms with van der Waals surface area (Å²) < 4.78 is 103. The number of hydrogen-bond donors (Lipinski definition) is 1. The summed E-state index contributed by atoms with van der Waals surface area (Å²) in [4.78, 5) is 23.4. The quantitative estimate of drug-likeness (QED) is 0.326. The fourth-order valence-corrected chi connectivity index (χ4v) is 2.60. The van der Waals surface area contributed by atoms with Crippen LogP contribution in [0.25, 0.3) is 0 Å². The van der Waals surface area contributed by atoms with Gasteiger partial charge in [-0.3, -0.25) is 14.1 Å². The van der Waals surface area contributed by atoms with Crippen LogP contribution in [0.5, 0.6) is 0 Å². The van der Waals surface area contributed by atoms with Gasteiger partial charge < -0.3 is 9.47 Å². The Morgan fingerprint density at radius 3 is 1.88 bits per heavy atom. The molecule has 0 heterocycles. The zero-order chi connectivity index (χ0) is 19.6. The average Bonchev–Trinajstić information content (AvgIpc) is 2.49. The van der Waals surface area contributed by atoms with Crippen molar-refractivity contribution in [3.05, 3.63) is 12.2 Å². The molecule has 25 heavy (non-hydrogen) atoms. The fourth-order valence-electron chi connectivity index (χ4n) is 2.15. The van der Waals surface area contributed by atoms with Crippen LogP contribution in [0.2, 0.25) is 0 Å². The molecular formula is C12H13F5O7S. The molecule has 0 spiro atoms. The van der Waals surface area contributed by atoms with E-state index in [1.807, 2.05) is 0 Å². The minimum absolute atomic E-state index is 0.113. The van der Waals surface area contributed by atoms with E-state index >= 15 is 0 Å². The SMILES string of the molecule is COC(=O)C1CC=CCC1C(=O)OC(C(F)(F)F)C(F)(F)S(=O)(=O)O. The summed E-state index contributed by atoms with van der Waals surface area (Å²) in [7, 11) is -5.58. The van der Waals surface area contributed by atoms with E-state index in [2.05, 4.69) is 9.47 Å². The lowest BCUT2D eigenvalue weighted by atomic mass is 9.83. The van der Waals surface area contributed by atoms with Crippen LogP contribution < -0.4 is 0 Å². The summed E-state index contributed by atoms with van der Waals surface area (Å²) in [6, 6.07) is 0. The first-order chi connectivity index (χ1) is 11.2. The number of esters is 2. The lowest BCUT2D eigenvalue weighted by Crippen LogP contribution is -2.53. The zero-order valence-corrected chi connectivity index (χ0v) is 13.3. The molecule has 3 unspecified atom stereocenters. The van der Waals surface area contributed by atoms with Crippen LogP contribution >= 0.6 is 0 Å². The number of methoxy groups -OCH3 is 1. The van der Waals surface area contributed by atoms with Gasteiger partial charge in [0.1, 0.15) is 0 Å². The predicted octanol–water partition coefficient (Wildman–Crippen LogP) is 1.70. The third-order valence-corrected chi connectivity index (χ3v) is 4.32. The lowest BCUT2D eigenvalue weighted by molar-refractivity contribution is -0.261. The Hall–Kier alpha value is -1.76. The van der Waals surface area contributed by atoms with Gasteiger partial charge in [-0.15, -0.1) is 0 Å². The van der Waals surface area contributed by atoms with Gasteiger partial charge in [0.2, 0.25) is 0 Å². The molecule has 144 valence electrons. The van der Waals surface area contributed by atoms with E-state index in [-0.39, 0.29) is 12.8 Å². The highest BCUT2D eigenvalue weighted by molar-refractivity contribution is 7.86. The molecule has 1 rings (SSSR count). The summed E-state index contributed by atoms with van der Waals surface area (Å²) in [5.41, 5.74) is 0. The van der Waals surface area contributed by atoms with Crippen LogP contribution in [-0.2, 0) is 29.2 Å². The van der Waals surface area contributed by atoms with Crippen molar-refractivity contribution in [1.82, 2.24) is 0 Å². The minimum atomic E-state index is -6.53. The maximum atomic E-state index is 13.4. The highest BCUT2D eigenvalue weighted by Crippen LogP contribution is 2.39. The number of allylic oxidation sites excluding steroid dienone is 2. The monoisotopic (exact) mass is 396 g/mol. The average molecular weight is 396 g/mol. The zero-order valence-electron chi connectivity index (χ0n) is 12.5. The Morgan fingerprint density at radius 1 is 1.08 bits per heavy atom. The molecule has 0 aliphatic heterocycles. The number of alkyl halides is 5. The first-order valence-electron chi connectivity index (χ1n) is 6.58. The molecule has 13 heteroatoms. The maximum Gasteiger partial charge on any atom is 0.432 e. The lowest BCUT2D eigenvalue weighted by Gasteiger charge is -2.30. The van der Waals surface area contributed by atoms with Gasteiger partial charge in [-0.1, -0.05) is 12.2 Å². The second-order valence-corrected chi connectivity index (χ2v) is 6.57. The highest BCUT2D eigenvalue weighted by Gasteiger charge is 2.66. The van der Waals surface area contributed by atoms with Crippen LogP contribution in [0.15, 0.2) is 12.2 Å². The Labute approximate surface area is 138 Å². The molecule has 0 saturated heterocycles. The molecule has 7 nitrogen and oxygen atoms in total. The van der Waals surface area contributed by atoms with Gasteiger partial charge in [0.15, 0.2) is 0 Å². The molecule has 1 aliphatic carbocycles. The van der Waals surface area contributed by atoms with Crippen molar-refractivity contribution in [2.24, 2.45) is 11.8 Å². The van der Waals surface area contributed by atoms with E-state index in [9.17, 15) is 40.0 Å². The molecular weight excluding hydrogens is 383 g/mol. The first-order valence-corrected chi connectivity index (χ1v) is 8.02. The van der Waals surface area contributed by atoms with Gasteiger partial charge in [-0.25, -0.2) is 0 Å². The number of halogens is 5. The second-order valence-electron chi connectivity index (χ2n) is 5.07. The summed E-state index contributed by atoms with van der Waals surface area (Å²) >= 11 is 0. The van der Waals surface area contributed by atoms with Crippen molar-refractivity contribution in [3.8, 4) is 0 Å². The summed E-state index contributed by atoms with van der Waals surface area (Å²) in [6.07, 6.45) is -8.11. The van der Waals surface area contributed by atoms with Crippen LogP contribution in [0.3, 0.4) is 0 Å². The van der Waals surface area contributed by atoms with Crippen molar-refractivity contribution in [3.63, 3.8) is 0 Å². The molecule has 0 aromatic heterocycles. The van der Waals surface area contributed by atoms with Gasteiger partial charge in [-0.2, -0.15) is 30.4 Å². The van der Waals surface area contributed by atoms with E-state index in [4.69, 9.17) is 4.55 Å². The topological polar surface area (TPSA) is 107 Å². The van der Waals surface area contributed by atoms with Crippen LogP contribution in [-0.4, -0.2) is 49.6 Å². The molecule has 0 aromatic carbocycles. The van der Waals surface area contributed by atoms with Crippen LogP contribution in [0, 0.1) is 11.8 Å². The Morgan fingerprint density at radius 2 is 1.52 bits per heavy atom. The van der Waals surface area contributed by atoms with Gasteiger partial charge in [-0.05, 0) is 12.8 Å². The minimum Gasteiger partial charge on any atom is -0.469 e. The van der Waals surface area contributed by atoms with Crippen LogP contribution in [0.4, 0.5) is 22.0 Å². The summed E-state index contributed by atoms with van der Waals surface area (Å²) in [6.45, 7) is 0. The molecule has 0 amide bonds. The van der Waals surface area contributed by atoms with E-state index in [1.54, 1.807) is 0 Å². The third-order valence-electron chi connectivity index (χ3n) is 3.42. The molecule has 1 aliphatic rings. The molecule has 0 saturated carbocycles. The molecule has 0 aromatic rings. The van der Waals surface area contributed by atoms with Gasteiger partial charge in [0.25, 0.3) is 6.10 Å². The summed E-state index contributed by atoms with van der Waals surface area (Å²) in [5, 5.41) is -5.83. The van der Waals surface area contributed by atoms with Crippen molar-refractivity contribution < 1.29 is 54.0 Å². The third kappa shape index (κ3) is 4.66. The molecule has 0 radical (unpaired) electrons. The van der Waals surface area contributed by atoms with Gasteiger partial charge in [0, 0.05) is 0 Å². The largest absolute Gasteiger partial charge is 0.469 e. The van der Waals surface area contributed by atoms with Crippen molar-refractivity contribution in [2.75, 3.05) is 7.11 Å². The fraction of sp³-hybridized carbons (Fsp3) is 0.667. The maximum absolute atomic E-state index is 13.4. The van der Waals surface area contributed by atoms with Crippen molar-refractivity contribution in [1.29, 1.82) is 0 Å².